The molecule has 9 heteroatoms. The average Bonchev–Trinajstić information content (AvgIpc) is 2.59. The number of hydrogen-bond acceptors (Lipinski definition) is 6. The van der Waals surface area contributed by atoms with Gasteiger partial charge >= 0.3 is 12.0 Å². The van der Waals surface area contributed by atoms with E-state index in [1.54, 1.807) is 31.2 Å². The Bertz CT molecular complexity index is 693. The largest absolute Gasteiger partial charge is 0.449 e. The van der Waals surface area contributed by atoms with Crippen LogP contribution in [0.5, 0.6) is 0 Å². The molecular weight excluding hydrogens is 370 g/mol. The van der Waals surface area contributed by atoms with Crippen LogP contribution in [0.4, 0.5) is 4.79 Å². The second-order valence-corrected chi connectivity index (χ2v) is 6.92. The fourth-order valence-corrected chi connectivity index (χ4v) is 2.82. The van der Waals surface area contributed by atoms with Crippen molar-refractivity contribution in [3.05, 3.63) is 29.8 Å². The molecule has 1 rings (SSSR count). The summed E-state index contributed by atoms with van der Waals surface area (Å²) in [5.41, 5.74) is 0.248. The first-order valence-electron chi connectivity index (χ1n) is 8.55. The molecule has 0 bridgehead atoms. The van der Waals surface area contributed by atoms with E-state index >= 15 is 0 Å². The third-order valence-corrected chi connectivity index (χ3v) is 4.22. The number of carbonyl (C=O) groups is 4. The monoisotopic (exact) mass is 395 g/mol. The van der Waals surface area contributed by atoms with Crippen molar-refractivity contribution in [2.75, 3.05) is 12.3 Å². The van der Waals surface area contributed by atoms with Gasteiger partial charge in [-0.15, -0.1) is 11.8 Å². The molecule has 1 unspecified atom stereocenters. The van der Waals surface area contributed by atoms with Gasteiger partial charge in [-0.2, -0.15) is 0 Å². The van der Waals surface area contributed by atoms with Gasteiger partial charge in [0.2, 0.25) is 5.91 Å². The first-order chi connectivity index (χ1) is 12.7. The molecule has 8 nitrogen and oxygen atoms in total. The lowest BCUT2D eigenvalue weighted by Crippen LogP contribution is -2.44. The van der Waals surface area contributed by atoms with E-state index in [-0.39, 0.29) is 23.3 Å². The summed E-state index contributed by atoms with van der Waals surface area (Å²) in [6, 6.07) is 6.03. The van der Waals surface area contributed by atoms with Gasteiger partial charge in [0, 0.05) is 17.5 Å². The molecule has 3 N–H and O–H groups in total. The highest BCUT2D eigenvalue weighted by Gasteiger charge is 2.22. The summed E-state index contributed by atoms with van der Waals surface area (Å²) in [5, 5.41) is 7.27. The van der Waals surface area contributed by atoms with E-state index in [4.69, 9.17) is 4.74 Å². The standard InChI is InChI=1S/C18H25N3O5S/c1-5-19-18(25)21-16(23)12(4)26-17(24)13-8-6-7-9-14(13)27-10-15(22)20-11(2)3/h6-9,11-12H,5,10H2,1-4H3,(H,20,22)(H2,19,21,23,25). The van der Waals surface area contributed by atoms with Crippen molar-refractivity contribution in [2.24, 2.45) is 0 Å². The fraction of sp³-hybridized carbons (Fsp3) is 0.444. The SMILES string of the molecule is CCNC(=O)NC(=O)C(C)OC(=O)c1ccccc1SCC(=O)NC(C)C. The van der Waals surface area contributed by atoms with Gasteiger partial charge in [0.1, 0.15) is 0 Å². The van der Waals surface area contributed by atoms with Gasteiger partial charge in [-0.3, -0.25) is 14.9 Å². The Kier molecular flexibility index (Phi) is 9.35. The summed E-state index contributed by atoms with van der Waals surface area (Å²) >= 11 is 1.20. The van der Waals surface area contributed by atoms with E-state index < -0.39 is 24.0 Å². The molecule has 0 aliphatic rings. The number of carbonyl (C=O) groups excluding carboxylic acids is 4. The van der Waals surface area contributed by atoms with Gasteiger partial charge in [0.25, 0.3) is 5.91 Å². The number of ether oxygens (including phenoxy) is 1. The van der Waals surface area contributed by atoms with Crippen LogP contribution in [-0.2, 0) is 14.3 Å². The molecule has 0 saturated heterocycles. The lowest BCUT2D eigenvalue weighted by Gasteiger charge is -2.15. The van der Waals surface area contributed by atoms with Crippen molar-refractivity contribution in [1.82, 2.24) is 16.0 Å². The van der Waals surface area contributed by atoms with Crippen LogP contribution < -0.4 is 16.0 Å². The Balaban J connectivity index is 2.70. The molecule has 1 aromatic carbocycles. The Labute approximate surface area is 162 Å². The summed E-state index contributed by atoms with van der Waals surface area (Å²) < 4.78 is 5.14. The number of amides is 4. The molecule has 0 fully saturated rings. The highest BCUT2D eigenvalue weighted by atomic mass is 32.2. The van der Waals surface area contributed by atoms with E-state index in [0.29, 0.717) is 11.4 Å². The minimum atomic E-state index is -1.15. The van der Waals surface area contributed by atoms with Crippen LogP contribution >= 0.6 is 11.8 Å². The van der Waals surface area contributed by atoms with Gasteiger partial charge in [-0.25, -0.2) is 9.59 Å². The van der Waals surface area contributed by atoms with Gasteiger partial charge < -0.3 is 15.4 Å². The van der Waals surface area contributed by atoms with Crippen LogP contribution in [-0.4, -0.2) is 48.3 Å². The number of thioether (sulfide) groups is 1. The Morgan fingerprint density at radius 2 is 1.78 bits per heavy atom. The second-order valence-electron chi connectivity index (χ2n) is 5.90. The van der Waals surface area contributed by atoms with Crippen molar-refractivity contribution < 1.29 is 23.9 Å². The molecule has 0 spiro atoms. The second kappa shape index (κ2) is 11.2. The molecule has 0 aliphatic carbocycles. The van der Waals surface area contributed by atoms with Crippen LogP contribution in [0.25, 0.3) is 0 Å². The van der Waals surface area contributed by atoms with Gasteiger partial charge in [-0.1, -0.05) is 12.1 Å². The van der Waals surface area contributed by atoms with Crippen LogP contribution in [0.3, 0.4) is 0 Å². The zero-order valence-electron chi connectivity index (χ0n) is 15.8. The number of imide groups is 1. The summed E-state index contributed by atoms with van der Waals surface area (Å²) in [5.74, 6) is -1.43. The molecule has 148 valence electrons. The Morgan fingerprint density at radius 1 is 1.11 bits per heavy atom. The number of urea groups is 1. The smallest absolute Gasteiger partial charge is 0.340 e. The maximum atomic E-state index is 12.4. The predicted octanol–water partition coefficient (Wildman–Crippen LogP) is 1.69. The molecule has 1 atom stereocenters. The van der Waals surface area contributed by atoms with E-state index in [2.05, 4.69) is 16.0 Å². The maximum Gasteiger partial charge on any atom is 0.340 e. The lowest BCUT2D eigenvalue weighted by atomic mass is 10.2. The Hall–Kier alpha value is -2.55. The third-order valence-electron chi connectivity index (χ3n) is 3.14. The van der Waals surface area contributed by atoms with Gasteiger partial charge in [-0.05, 0) is 39.8 Å². The fourth-order valence-electron chi connectivity index (χ4n) is 1.96. The first kappa shape index (κ1) is 22.5. The Morgan fingerprint density at radius 3 is 2.41 bits per heavy atom. The molecule has 0 heterocycles. The number of esters is 1. The molecule has 0 radical (unpaired) electrons. The molecule has 0 aromatic heterocycles. The summed E-state index contributed by atoms with van der Waals surface area (Å²) in [6.45, 7) is 7.17. The predicted molar refractivity (Wildman–Crippen MR) is 103 cm³/mol. The molecular formula is C18H25N3O5S. The van der Waals surface area contributed by atoms with Crippen molar-refractivity contribution >= 4 is 35.6 Å². The van der Waals surface area contributed by atoms with Crippen LogP contribution in [0.15, 0.2) is 29.2 Å². The van der Waals surface area contributed by atoms with Gasteiger partial charge in [0.05, 0.1) is 11.3 Å². The molecule has 1 aromatic rings. The number of nitrogens with one attached hydrogen (secondary N) is 3. The van der Waals surface area contributed by atoms with Crippen molar-refractivity contribution in [3.8, 4) is 0 Å². The van der Waals surface area contributed by atoms with E-state index in [9.17, 15) is 19.2 Å². The van der Waals surface area contributed by atoms with Crippen LogP contribution in [0.2, 0.25) is 0 Å². The van der Waals surface area contributed by atoms with Gasteiger partial charge in [0.15, 0.2) is 6.10 Å². The van der Waals surface area contributed by atoms with Crippen molar-refractivity contribution in [2.45, 2.75) is 44.7 Å². The first-order valence-corrected chi connectivity index (χ1v) is 9.54. The van der Waals surface area contributed by atoms with Crippen LogP contribution in [0.1, 0.15) is 38.1 Å². The topological polar surface area (TPSA) is 114 Å². The minimum Gasteiger partial charge on any atom is -0.449 e. The van der Waals surface area contributed by atoms with E-state index in [0.717, 1.165) is 0 Å². The minimum absolute atomic E-state index is 0.0302. The van der Waals surface area contributed by atoms with Crippen LogP contribution in [0, 0.1) is 0 Å². The normalized spacial score (nSPS) is 11.4. The zero-order valence-corrected chi connectivity index (χ0v) is 16.6. The van der Waals surface area contributed by atoms with E-state index in [1.807, 2.05) is 13.8 Å². The molecule has 4 amide bonds. The zero-order chi connectivity index (χ0) is 20.4. The molecule has 0 aliphatic heterocycles. The maximum absolute atomic E-state index is 12.4. The summed E-state index contributed by atoms with van der Waals surface area (Å²) in [6.07, 6.45) is -1.15. The quantitative estimate of drug-likeness (QED) is 0.456. The highest BCUT2D eigenvalue weighted by molar-refractivity contribution is 8.00. The molecule has 27 heavy (non-hydrogen) atoms. The number of rotatable bonds is 8. The van der Waals surface area contributed by atoms with Crippen molar-refractivity contribution in [1.29, 1.82) is 0 Å². The highest BCUT2D eigenvalue weighted by Crippen LogP contribution is 2.23. The number of benzene rings is 1. The average molecular weight is 395 g/mol. The third kappa shape index (κ3) is 8.12. The summed E-state index contributed by atoms with van der Waals surface area (Å²) in [4.78, 5) is 48.0. The lowest BCUT2D eigenvalue weighted by molar-refractivity contribution is -0.128. The molecule has 0 saturated carbocycles. The summed E-state index contributed by atoms with van der Waals surface area (Å²) in [7, 11) is 0. The van der Waals surface area contributed by atoms with E-state index in [1.165, 1.54) is 18.7 Å². The number of hydrogen-bond donors (Lipinski definition) is 3. The van der Waals surface area contributed by atoms with Crippen molar-refractivity contribution in [3.63, 3.8) is 0 Å².